The molecule has 2 atom stereocenters. The van der Waals surface area contributed by atoms with Gasteiger partial charge in [-0.3, -0.25) is 4.79 Å². The fourth-order valence-electron chi connectivity index (χ4n) is 4.47. The van der Waals surface area contributed by atoms with E-state index in [1.54, 1.807) is 0 Å². The highest BCUT2D eigenvalue weighted by molar-refractivity contribution is 6.31. The molecule has 2 aromatic rings. The molecular formula is C20H26ClN5O. The first-order chi connectivity index (χ1) is 13.0. The molecule has 0 spiro atoms. The number of carbonyl (C=O) groups is 1. The molecule has 2 saturated heterocycles. The Morgan fingerprint density at radius 1 is 1.41 bits per heavy atom. The molecule has 0 saturated carbocycles. The zero-order valence-electron chi connectivity index (χ0n) is 15.9. The highest BCUT2D eigenvalue weighted by Crippen LogP contribution is 2.35. The van der Waals surface area contributed by atoms with E-state index in [-0.39, 0.29) is 17.5 Å². The number of benzene rings is 1. The molecular weight excluding hydrogens is 362 g/mol. The van der Waals surface area contributed by atoms with E-state index in [2.05, 4.69) is 22.6 Å². The number of hydrogen-bond acceptors (Lipinski definition) is 4. The van der Waals surface area contributed by atoms with Crippen LogP contribution < -0.4 is 5.32 Å². The third-order valence-corrected chi connectivity index (χ3v) is 6.40. The van der Waals surface area contributed by atoms with Crippen LogP contribution in [0.1, 0.15) is 54.0 Å². The number of aromatic nitrogens is 3. The molecule has 7 heteroatoms. The normalized spacial score (nSPS) is 25.3. The lowest BCUT2D eigenvalue weighted by molar-refractivity contribution is 0.0617. The maximum Gasteiger partial charge on any atom is 0.276 e. The Morgan fingerprint density at radius 3 is 2.96 bits per heavy atom. The Labute approximate surface area is 164 Å². The van der Waals surface area contributed by atoms with Crippen LogP contribution in [0.4, 0.5) is 0 Å². The lowest BCUT2D eigenvalue weighted by Gasteiger charge is -2.35. The fraction of sp³-hybridized carbons (Fsp3) is 0.550. The third kappa shape index (κ3) is 3.36. The van der Waals surface area contributed by atoms with Crippen LogP contribution in [0, 0.1) is 6.92 Å². The molecule has 2 aliphatic heterocycles. The third-order valence-electron chi connectivity index (χ3n) is 6.03. The Balaban J connectivity index is 1.58. The molecule has 0 bridgehead atoms. The Hall–Kier alpha value is -1.92. The predicted octanol–water partition coefficient (Wildman–Crippen LogP) is 3.01. The van der Waals surface area contributed by atoms with E-state index in [1.807, 2.05) is 40.8 Å². The molecule has 2 aliphatic rings. The minimum absolute atomic E-state index is 0.0169. The van der Waals surface area contributed by atoms with Crippen LogP contribution in [-0.2, 0) is 6.42 Å². The van der Waals surface area contributed by atoms with Gasteiger partial charge in [-0.05, 0) is 57.7 Å². The Morgan fingerprint density at radius 2 is 2.22 bits per heavy atom. The van der Waals surface area contributed by atoms with Gasteiger partial charge in [0.15, 0.2) is 5.69 Å². The van der Waals surface area contributed by atoms with Crippen LogP contribution >= 0.6 is 11.6 Å². The molecule has 144 valence electrons. The summed E-state index contributed by atoms with van der Waals surface area (Å²) in [6.07, 6.45) is 3.72. The van der Waals surface area contributed by atoms with Gasteiger partial charge in [-0.25, -0.2) is 4.68 Å². The Bertz CT molecular complexity index is 845. The molecule has 1 aromatic carbocycles. The fourth-order valence-corrected chi connectivity index (χ4v) is 4.67. The van der Waals surface area contributed by atoms with Crippen molar-refractivity contribution in [2.45, 2.75) is 51.1 Å². The van der Waals surface area contributed by atoms with Gasteiger partial charge in [0, 0.05) is 23.7 Å². The average molecular weight is 388 g/mol. The van der Waals surface area contributed by atoms with Crippen molar-refractivity contribution in [2.75, 3.05) is 19.6 Å². The van der Waals surface area contributed by atoms with Gasteiger partial charge in [0.2, 0.25) is 0 Å². The van der Waals surface area contributed by atoms with E-state index in [0.29, 0.717) is 5.69 Å². The summed E-state index contributed by atoms with van der Waals surface area (Å²) < 4.78 is 1.91. The van der Waals surface area contributed by atoms with Gasteiger partial charge in [0.05, 0.1) is 11.7 Å². The van der Waals surface area contributed by atoms with Crippen molar-refractivity contribution in [3.8, 4) is 0 Å². The maximum absolute atomic E-state index is 13.3. The summed E-state index contributed by atoms with van der Waals surface area (Å²) in [5.74, 6) is -0.0169. The van der Waals surface area contributed by atoms with Gasteiger partial charge in [0.1, 0.15) is 0 Å². The van der Waals surface area contributed by atoms with E-state index in [0.717, 1.165) is 61.6 Å². The van der Waals surface area contributed by atoms with Crippen LogP contribution in [0.3, 0.4) is 0 Å². The standard InChI is InChI=1S/C20H26ClN5O/c1-14-18(23-24-26(14)16-8-10-22-13-16)19(27)25-11-5-9-20(25,2)12-15-6-3-4-7-17(15)21/h3-4,6-7,16,22H,5,8-13H2,1-2H3. The van der Waals surface area contributed by atoms with Crippen molar-refractivity contribution in [3.05, 3.63) is 46.2 Å². The quantitative estimate of drug-likeness (QED) is 0.875. The number of likely N-dealkylation sites (tertiary alicyclic amines) is 1. The van der Waals surface area contributed by atoms with Crippen molar-refractivity contribution < 1.29 is 4.79 Å². The second-order valence-corrected chi connectivity index (χ2v) is 8.35. The second kappa shape index (κ2) is 7.24. The van der Waals surface area contributed by atoms with Crippen LogP contribution in [0.25, 0.3) is 0 Å². The van der Waals surface area contributed by atoms with Crippen molar-refractivity contribution in [1.29, 1.82) is 0 Å². The van der Waals surface area contributed by atoms with E-state index in [9.17, 15) is 4.79 Å². The number of rotatable bonds is 4. The zero-order valence-corrected chi connectivity index (χ0v) is 16.7. The molecule has 1 amide bonds. The Kier molecular flexibility index (Phi) is 4.95. The van der Waals surface area contributed by atoms with E-state index < -0.39 is 0 Å². The molecule has 3 heterocycles. The highest BCUT2D eigenvalue weighted by Gasteiger charge is 2.41. The number of nitrogens with one attached hydrogen (secondary N) is 1. The molecule has 0 radical (unpaired) electrons. The first-order valence-electron chi connectivity index (χ1n) is 9.67. The van der Waals surface area contributed by atoms with E-state index in [4.69, 9.17) is 11.6 Å². The smallest absolute Gasteiger partial charge is 0.276 e. The molecule has 2 unspecified atom stereocenters. The first-order valence-corrected chi connectivity index (χ1v) is 10.1. The van der Waals surface area contributed by atoms with Gasteiger partial charge in [-0.15, -0.1) is 5.10 Å². The monoisotopic (exact) mass is 387 g/mol. The maximum atomic E-state index is 13.3. The van der Waals surface area contributed by atoms with Gasteiger partial charge >= 0.3 is 0 Å². The van der Waals surface area contributed by atoms with Gasteiger partial charge in [-0.2, -0.15) is 0 Å². The summed E-state index contributed by atoms with van der Waals surface area (Å²) in [5, 5.41) is 12.7. The number of hydrogen-bond donors (Lipinski definition) is 1. The molecule has 1 aromatic heterocycles. The predicted molar refractivity (Wildman–Crippen MR) is 105 cm³/mol. The SMILES string of the molecule is Cc1c(C(=O)N2CCCC2(C)Cc2ccccc2Cl)nnn1C1CCNC1. The van der Waals surface area contributed by atoms with Crippen LogP contribution in [0.2, 0.25) is 5.02 Å². The summed E-state index contributed by atoms with van der Waals surface area (Å²) >= 11 is 6.38. The average Bonchev–Trinajstić information content (AvgIpc) is 3.37. The van der Waals surface area contributed by atoms with Gasteiger partial charge in [0.25, 0.3) is 5.91 Å². The lowest BCUT2D eigenvalue weighted by Crippen LogP contribution is -2.47. The van der Waals surface area contributed by atoms with Crippen LogP contribution in [0.5, 0.6) is 0 Å². The molecule has 6 nitrogen and oxygen atoms in total. The van der Waals surface area contributed by atoms with Crippen molar-refractivity contribution in [3.63, 3.8) is 0 Å². The van der Waals surface area contributed by atoms with Crippen LogP contribution in [0.15, 0.2) is 24.3 Å². The minimum atomic E-state index is -0.257. The topological polar surface area (TPSA) is 63.1 Å². The number of halogens is 1. The molecule has 27 heavy (non-hydrogen) atoms. The first kappa shape index (κ1) is 18.4. The molecule has 2 fully saturated rings. The zero-order chi connectivity index (χ0) is 19.0. The number of nitrogens with zero attached hydrogens (tertiary/aromatic N) is 4. The number of amides is 1. The van der Waals surface area contributed by atoms with Crippen LogP contribution in [-0.4, -0.2) is 51.0 Å². The summed E-state index contributed by atoms with van der Waals surface area (Å²) in [5.41, 5.74) is 2.17. The van der Waals surface area contributed by atoms with Crippen molar-refractivity contribution in [2.24, 2.45) is 0 Å². The molecule has 1 N–H and O–H groups in total. The minimum Gasteiger partial charge on any atom is -0.331 e. The van der Waals surface area contributed by atoms with E-state index in [1.165, 1.54) is 0 Å². The summed E-state index contributed by atoms with van der Waals surface area (Å²) in [6, 6.07) is 8.17. The van der Waals surface area contributed by atoms with Gasteiger partial charge < -0.3 is 10.2 Å². The van der Waals surface area contributed by atoms with Crippen molar-refractivity contribution >= 4 is 17.5 Å². The summed E-state index contributed by atoms with van der Waals surface area (Å²) in [4.78, 5) is 15.3. The lowest BCUT2D eigenvalue weighted by atomic mass is 9.90. The number of carbonyl (C=O) groups excluding carboxylic acids is 1. The summed E-state index contributed by atoms with van der Waals surface area (Å²) in [7, 11) is 0. The highest BCUT2D eigenvalue weighted by atomic mass is 35.5. The van der Waals surface area contributed by atoms with Gasteiger partial charge in [-0.1, -0.05) is 35.0 Å². The van der Waals surface area contributed by atoms with Crippen molar-refractivity contribution in [1.82, 2.24) is 25.2 Å². The molecule has 0 aliphatic carbocycles. The largest absolute Gasteiger partial charge is 0.331 e. The summed E-state index contributed by atoms with van der Waals surface area (Å²) in [6.45, 7) is 6.72. The second-order valence-electron chi connectivity index (χ2n) is 7.94. The van der Waals surface area contributed by atoms with E-state index >= 15 is 0 Å². The molecule has 4 rings (SSSR count).